The predicted molar refractivity (Wildman–Crippen MR) is 108 cm³/mol. The first kappa shape index (κ1) is 20.2. The van der Waals surface area contributed by atoms with Gasteiger partial charge in [0.15, 0.2) is 0 Å². The molecule has 0 spiro atoms. The Morgan fingerprint density at radius 3 is 2.58 bits per heavy atom. The topological polar surface area (TPSA) is 96.2 Å². The van der Waals surface area contributed by atoms with Gasteiger partial charge in [-0.3, -0.25) is 10.1 Å². The fourth-order valence-electron chi connectivity index (χ4n) is 3.07. The van der Waals surface area contributed by atoms with E-state index in [4.69, 9.17) is 5.73 Å². The number of nitrogens with two attached hydrogens (primary N) is 1. The van der Waals surface area contributed by atoms with Crippen LogP contribution in [0.25, 0.3) is 0 Å². The third kappa shape index (κ3) is 5.20. The summed E-state index contributed by atoms with van der Waals surface area (Å²) >= 11 is 1.26. The molecule has 0 bridgehead atoms. The van der Waals surface area contributed by atoms with Gasteiger partial charge in [0.1, 0.15) is 0 Å². The first-order valence-corrected chi connectivity index (χ1v) is 9.21. The lowest BCUT2D eigenvalue weighted by molar-refractivity contribution is 0.0933. The van der Waals surface area contributed by atoms with E-state index in [1.807, 2.05) is 30.3 Å². The highest BCUT2D eigenvalue weighted by Crippen LogP contribution is 2.26. The average Bonchev–Trinajstić information content (AvgIpc) is 3.24. The Balaban J connectivity index is 0.00000243. The summed E-state index contributed by atoms with van der Waals surface area (Å²) in [5.41, 5.74) is 6.47. The second-order valence-corrected chi connectivity index (χ2v) is 7.20. The van der Waals surface area contributed by atoms with E-state index in [9.17, 15) is 9.59 Å². The van der Waals surface area contributed by atoms with Crippen molar-refractivity contribution in [3.05, 3.63) is 47.3 Å². The lowest BCUT2D eigenvalue weighted by Gasteiger charge is -2.18. The third-order valence-electron chi connectivity index (χ3n) is 4.38. The molecule has 1 saturated carbocycles. The van der Waals surface area contributed by atoms with Gasteiger partial charge in [-0.25, -0.2) is 4.79 Å². The standard InChI is InChI=1S/C18H22N4O2S.ClH/c19-11-12-5-4-8-14(12)21-17(23)15-9-10-16(25-15)22-18(24)20-13-6-2-1-3-7-13;/h1-3,6-7,9-10,12,14H,4-5,8,11,19H2,(H,21,23)(H2,20,22,24);1H. The normalized spacial score (nSPS) is 18.7. The van der Waals surface area contributed by atoms with Crippen LogP contribution in [0.5, 0.6) is 0 Å². The van der Waals surface area contributed by atoms with Crippen molar-refractivity contribution in [2.75, 3.05) is 17.2 Å². The highest BCUT2D eigenvalue weighted by Gasteiger charge is 2.28. The van der Waals surface area contributed by atoms with Crippen molar-refractivity contribution in [3.63, 3.8) is 0 Å². The smallest absolute Gasteiger partial charge is 0.324 e. The van der Waals surface area contributed by atoms with Crippen molar-refractivity contribution in [2.24, 2.45) is 11.7 Å². The second kappa shape index (κ2) is 9.56. The maximum atomic E-state index is 12.4. The van der Waals surface area contributed by atoms with Crippen LogP contribution < -0.4 is 21.7 Å². The summed E-state index contributed by atoms with van der Waals surface area (Å²) in [7, 11) is 0. The van der Waals surface area contributed by atoms with Crippen LogP contribution in [0.15, 0.2) is 42.5 Å². The lowest BCUT2D eigenvalue weighted by Crippen LogP contribution is -2.39. The first-order valence-electron chi connectivity index (χ1n) is 8.39. The molecule has 140 valence electrons. The van der Waals surface area contributed by atoms with Crippen molar-refractivity contribution in [2.45, 2.75) is 25.3 Å². The van der Waals surface area contributed by atoms with E-state index in [2.05, 4.69) is 16.0 Å². The van der Waals surface area contributed by atoms with E-state index in [-0.39, 0.29) is 30.4 Å². The van der Waals surface area contributed by atoms with Gasteiger partial charge in [0.2, 0.25) is 0 Å². The summed E-state index contributed by atoms with van der Waals surface area (Å²) in [6.45, 7) is 0.599. The SMILES string of the molecule is Cl.NCC1CCCC1NC(=O)c1ccc(NC(=O)Nc2ccccc2)s1. The van der Waals surface area contributed by atoms with Crippen LogP contribution >= 0.6 is 23.7 Å². The van der Waals surface area contributed by atoms with Gasteiger partial charge in [-0.15, -0.1) is 23.7 Å². The van der Waals surface area contributed by atoms with Crippen molar-refractivity contribution in [1.82, 2.24) is 5.32 Å². The van der Waals surface area contributed by atoms with Gasteiger partial charge >= 0.3 is 6.03 Å². The fourth-order valence-corrected chi connectivity index (χ4v) is 3.88. The summed E-state index contributed by atoms with van der Waals surface area (Å²) in [6.07, 6.45) is 3.14. The van der Waals surface area contributed by atoms with Gasteiger partial charge in [-0.2, -0.15) is 0 Å². The molecule has 2 aromatic rings. The molecule has 3 amide bonds. The molecule has 8 heteroatoms. The Kier molecular flexibility index (Phi) is 7.44. The molecule has 2 unspecified atom stereocenters. The first-order chi connectivity index (χ1) is 12.2. The molecule has 1 aliphatic carbocycles. The fraction of sp³-hybridized carbons (Fsp3) is 0.333. The molecule has 1 aromatic heterocycles. The van der Waals surface area contributed by atoms with E-state index >= 15 is 0 Å². The van der Waals surface area contributed by atoms with Gasteiger partial charge in [-0.05, 0) is 49.6 Å². The van der Waals surface area contributed by atoms with Crippen LogP contribution in [-0.4, -0.2) is 24.5 Å². The number of amides is 3. The maximum absolute atomic E-state index is 12.4. The minimum atomic E-state index is -0.334. The number of hydrogen-bond donors (Lipinski definition) is 4. The van der Waals surface area contributed by atoms with Crippen molar-refractivity contribution in [3.8, 4) is 0 Å². The molecule has 1 fully saturated rings. The largest absolute Gasteiger partial charge is 0.348 e. The van der Waals surface area contributed by atoms with Crippen molar-refractivity contribution >= 4 is 46.4 Å². The average molecular weight is 395 g/mol. The second-order valence-electron chi connectivity index (χ2n) is 6.12. The number of anilines is 2. The molecule has 5 N–H and O–H groups in total. The van der Waals surface area contributed by atoms with Crippen molar-refractivity contribution in [1.29, 1.82) is 0 Å². The van der Waals surface area contributed by atoms with Gasteiger partial charge in [0, 0.05) is 11.7 Å². The highest BCUT2D eigenvalue weighted by molar-refractivity contribution is 7.18. The number of urea groups is 1. The zero-order valence-electron chi connectivity index (χ0n) is 14.2. The van der Waals surface area contributed by atoms with E-state index in [0.29, 0.717) is 28.0 Å². The van der Waals surface area contributed by atoms with E-state index in [1.54, 1.807) is 12.1 Å². The number of carbonyl (C=O) groups is 2. The van der Waals surface area contributed by atoms with Crippen molar-refractivity contribution < 1.29 is 9.59 Å². The van der Waals surface area contributed by atoms with E-state index in [1.165, 1.54) is 11.3 Å². The molecule has 1 heterocycles. The zero-order chi connectivity index (χ0) is 17.6. The van der Waals surface area contributed by atoms with Crippen LogP contribution in [0.1, 0.15) is 28.9 Å². The van der Waals surface area contributed by atoms with E-state index in [0.717, 1.165) is 19.3 Å². The van der Waals surface area contributed by atoms with Gasteiger partial charge in [-0.1, -0.05) is 24.6 Å². The molecule has 3 rings (SSSR count). The Hall–Kier alpha value is -2.09. The number of rotatable bonds is 5. The van der Waals surface area contributed by atoms with Gasteiger partial charge < -0.3 is 16.4 Å². The molecule has 0 saturated heterocycles. The molecule has 26 heavy (non-hydrogen) atoms. The van der Waals surface area contributed by atoms with Crippen LogP contribution in [0.4, 0.5) is 15.5 Å². The summed E-state index contributed by atoms with van der Waals surface area (Å²) in [5, 5.41) is 9.18. The van der Waals surface area contributed by atoms with Crippen LogP contribution in [0.3, 0.4) is 0 Å². The summed E-state index contributed by atoms with van der Waals surface area (Å²) in [5.74, 6) is 0.255. The van der Waals surface area contributed by atoms with Crippen LogP contribution in [-0.2, 0) is 0 Å². The van der Waals surface area contributed by atoms with Crippen LogP contribution in [0, 0.1) is 5.92 Å². The van der Waals surface area contributed by atoms with Crippen LogP contribution in [0.2, 0.25) is 0 Å². The van der Waals surface area contributed by atoms with Gasteiger partial charge in [0.25, 0.3) is 5.91 Å². The molecular formula is C18H23ClN4O2S. The molecular weight excluding hydrogens is 372 g/mol. The number of halogens is 1. The maximum Gasteiger partial charge on any atom is 0.324 e. The molecule has 1 aromatic carbocycles. The highest BCUT2D eigenvalue weighted by atomic mass is 35.5. The Morgan fingerprint density at radius 1 is 1.08 bits per heavy atom. The minimum absolute atomic E-state index is 0. The third-order valence-corrected chi connectivity index (χ3v) is 5.38. The zero-order valence-corrected chi connectivity index (χ0v) is 15.9. The number of carbonyl (C=O) groups excluding carboxylic acids is 2. The quantitative estimate of drug-likeness (QED) is 0.622. The summed E-state index contributed by atoms with van der Waals surface area (Å²) in [4.78, 5) is 25.0. The molecule has 1 aliphatic rings. The number of nitrogens with one attached hydrogen (secondary N) is 3. The summed E-state index contributed by atoms with van der Waals surface area (Å²) < 4.78 is 0. The van der Waals surface area contributed by atoms with Gasteiger partial charge in [0.05, 0.1) is 9.88 Å². The number of para-hydroxylation sites is 1. The Bertz CT molecular complexity index is 738. The van der Waals surface area contributed by atoms with E-state index < -0.39 is 0 Å². The molecule has 6 nitrogen and oxygen atoms in total. The predicted octanol–water partition coefficient (Wildman–Crippen LogP) is 3.67. The molecule has 2 atom stereocenters. The monoisotopic (exact) mass is 394 g/mol. The molecule has 0 radical (unpaired) electrons. The Labute approximate surface area is 163 Å². The number of benzene rings is 1. The molecule has 0 aliphatic heterocycles. The number of thiophene rings is 1. The minimum Gasteiger partial charge on any atom is -0.348 e. The Morgan fingerprint density at radius 2 is 1.85 bits per heavy atom. The number of hydrogen-bond acceptors (Lipinski definition) is 4. The lowest BCUT2D eigenvalue weighted by atomic mass is 10.0. The summed E-state index contributed by atoms with van der Waals surface area (Å²) in [6, 6.07) is 12.5.